The van der Waals surface area contributed by atoms with Crippen LogP contribution in [-0.4, -0.2) is 25.4 Å². The maximum Gasteiger partial charge on any atom is 0.0820 e. The minimum absolute atomic E-state index is 0.399. The van der Waals surface area contributed by atoms with Gasteiger partial charge in [-0.15, -0.1) is 0 Å². The Morgan fingerprint density at radius 2 is 2.29 bits per heavy atom. The third kappa shape index (κ3) is 3.72. The third-order valence-electron chi connectivity index (χ3n) is 0.667. The van der Waals surface area contributed by atoms with Crippen LogP contribution >= 0.6 is 0 Å². The molecule has 0 aromatic rings. The molecular formula is C4H11N2O-. The van der Waals surface area contributed by atoms with E-state index in [2.05, 4.69) is 4.74 Å². The molecule has 0 saturated heterocycles. The first-order chi connectivity index (χ1) is 3.31. The molecule has 7 heavy (non-hydrogen) atoms. The van der Waals surface area contributed by atoms with Crippen molar-refractivity contribution >= 4 is 0 Å². The number of ether oxygens (including phenoxy) is 1. The first-order valence-electron chi connectivity index (χ1n) is 2.26. The zero-order valence-corrected chi connectivity index (χ0v) is 4.77. The van der Waals surface area contributed by atoms with Crippen molar-refractivity contribution < 1.29 is 4.74 Å². The first-order valence-corrected chi connectivity index (χ1v) is 2.26. The van der Waals surface area contributed by atoms with Crippen molar-refractivity contribution in [1.82, 2.24) is 5.01 Å². The van der Waals surface area contributed by atoms with E-state index in [1.807, 2.05) is 6.92 Å². The molecule has 0 saturated carbocycles. The van der Waals surface area contributed by atoms with E-state index in [1.54, 1.807) is 7.11 Å². The van der Waals surface area contributed by atoms with Crippen LogP contribution in [0.1, 0.15) is 6.92 Å². The van der Waals surface area contributed by atoms with Crippen LogP contribution < -0.4 is 0 Å². The van der Waals surface area contributed by atoms with Crippen LogP contribution in [0.15, 0.2) is 0 Å². The molecule has 0 aliphatic rings. The largest absolute Gasteiger partial charge is 0.608 e. The zero-order valence-electron chi connectivity index (χ0n) is 4.77. The van der Waals surface area contributed by atoms with Crippen LogP contribution in [-0.2, 0) is 4.74 Å². The van der Waals surface area contributed by atoms with Gasteiger partial charge >= 0.3 is 0 Å². The second-order valence-corrected chi connectivity index (χ2v) is 1.27. The lowest BCUT2D eigenvalue weighted by atomic mass is 10.7. The van der Waals surface area contributed by atoms with E-state index in [4.69, 9.17) is 5.84 Å². The molecule has 0 aliphatic heterocycles. The lowest BCUT2D eigenvalue weighted by molar-refractivity contribution is 0.0995. The standard InChI is InChI=1S/C4H11N2O/c1-3-6(5)4-7-2/h5H,3-4H2,1-2H3/q-1. The normalized spacial score (nSPS) is 10.3. The van der Waals surface area contributed by atoms with Gasteiger partial charge in [-0.05, 0) is 6.54 Å². The molecule has 1 N–H and O–H groups in total. The van der Waals surface area contributed by atoms with Gasteiger partial charge in [0.1, 0.15) is 0 Å². The predicted molar refractivity (Wildman–Crippen MR) is 28.6 cm³/mol. The Balaban J connectivity index is 2.83. The van der Waals surface area contributed by atoms with Crippen LogP contribution in [0, 0.1) is 0 Å². The molecule has 0 aliphatic carbocycles. The van der Waals surface area contributed by atoms with Gasteiger partial charge < -0.3 is 15.6 Å². The molecule has 0 heterocycles. The molecule has 0 amide bonds. The van der Waals surface area contributed by atoms with Gasteiger partial charge in [0.05, 0.1) is 6.73 Å². The lowest BCUT2D eigenvalue weighted by Crippen LogP contribution is -2.15. The van der Waals surface area contributed by atoms with E-state index in [0.717, 1.165) is 0 Å². The molecule has 0 radical (unpaired) electrons. The van der Waals surface area contributed by atoms with E-state index < -0.39 is 0 Å². The average Bonchev–Trinajstić information content (AvgIpc) is 1.68. The van der Waals surface area contributed by atoms with Crippen molar-refractivity contribution in [2.75, 3.05) is 20.4 Å². The number of hydrogen-bond acceptors (Lipinski definition) is 2. The van der Waals surface area contributed by atoms with Crippen molar-refractivity contribution in [3.05, 3.63) is 5.84 Å². The number of methoxy groups -OCH3 is 1. The summed E-state index contributed by atoms with van der Waals surface area (Å²) in [7, 11) is 1.58. The maximum absolute atomic E-state index is 6.93. The molecule has 0 atom stereocenters. The third-order valence-corrected chi connectivity index (χ3v) is 0.667. The highest BCUT2D eigenvalue weighted by Gasteiger charge is 1.78. The summed E-state index contributed by atoms with van der Waals surface area (Å²) in [5.74, 6) is 6.93. The molecule has 0 rings (SSSR count). The van der Waals surface area contributed by atoms with Crippen LogP contribution in [0.5, 0.6) is 0 Å². The molecule has 0 fully saturated rings. The molecular weight excluding hydrogens is 92.1 g/mol. The highest BCUT2D eigenvalue weighted by molar-refractivity contribution is 4.42. The van der Waals surface area contributed by atoms with Gasteiger partial charge in [-0.3, -0.25) is 0 Å². The molecule has 0 aromatic heterocycles. The minimum atomic E-state index is 0.399. The van der Waals surface area contributed by atoms with E-state index in [-0.39, 0.29) is 0 Å². The second-order valence-electron chi connectivity index (χ2n) is 1.27. The molecule has 0 bridgehead atoms. The summed E-state index contributed by atoms with van der Waals surface area (Å²) in [5.41, 5.74) is 0. The van der Waals surface area contributed by atoms with Gasteiger partial charge in [0.15, 0.2) is 0 Å². The number of rotatable bonds is 3. The SMILES string of the molecule is CCN([NH-])COC. The van der Waals surface area contributed by atoms with E-state index in [0.29, 0.717) is 13.3 Å². The number of nitrogens with one attached hydrogen (secondary N) is 1. The van der Waals surface area contributed by atoms with Crippen LogP contribution in [0.3, 0.4) is 0 Å². The van der Waals surface area contributed by atoms with Gasteiger partial charge in [-0.2, -0.15) is 0 Å². The average molecular weight is 103 g/mol. The topological polar surface area (TPSA) is 36.3 Å². The fraction of sp³-hybridized carbons (Fsp3) is 1.00. The summed E-state index contributed by atoms with van der Waals surface area (Å²) >= 11 is 0. The summed E-state index contributed by atoms with van der Waals surface area (Å²) in [5, 5.41) is 1.33. The molecule has 0 aromatic carbocycles. The highest BCUT2D eigenvalue weighted by Crippen LogP contribution is 1.82. The maximum atomic E-state index is 6.93. The number of hydrogen-bond donors (Lipinski definition) is 0. The Kier molecular flexibility index (Phi) is 3.98. The van der Waals surface area contributed by atoms with Crippen LogP contribution in [0.25, 0.3) is 5.84 Å². The summed E-state index contributed by atoms with van der Waals surface area (Å²) in [6, 6.07) is 0. The Labute approximate surface area is 44.0 Å². The summed E-state index contributed by atoms with van der Waals surface area (Å²) in [6.07, 6.45) is 0. The molecule has 44 valence electrons. The lowest BCUT2D eigenvalue weighted by Gasteiger charge is -2.22. The first kappa shape index (κ1) is 6.88. The van der Waals surface area contributed by atoms with Crippen LogP contribution in [0.4, 0.5) is 0 Å². The summed E-state index contributed by atoms with van der Waals surface area (Å²) in [4.78, 5) is 0. The van der Waals surface area contributed by atoms with Crippen molar-refractivity contribution in [3.8, 4) is 0 Å². The van der Waals surface area contributed by atoms with Gasteiger partial charge in [0.25, 0.3) is 0 Å². The predicted octanol–water partition coefficient (Wildman–Crippen LogP) is 0.879. The Hall–Kier alpha value is -0.120. The van der Waals surface area contributed by atoms with Gasteiger partial charge in [0, 0.05) is 7.11 Å². The van der Waals surface area contributed by atoms with Gasteiger partial charge in [-0.1, -0.05) is 6.92 Å². The summed E-state index contributed by atoms with van der Waals surface area (Å²) < 4.78 is 4.63. The second kappa shape index (κ2) is 4.05. The van der Waals surface area contributed by atoms with Gasteiger partial charge in [-0.25, -0.2) is 0 Å². The smallest absolute Gasteiger partial charge is 0.0820 e. The van der Waals surface area contributed by atoms with E-state index in [1.165, 1.54) is 5.01 Å². The Morgan fingerprint density at radius 1 is 1.71 bits per heavy atom. The highest BCUT2D eigenvalue weighted by atomic mass is 16.5. The Bertz CT molecular complexity index is 40.7. The monoisotopic (exact) mass is 103 g/mol. The van der Waals surface area contributed by atoms with Crippen molar-refractivity contribution in [3.63, 3.8) is 0 Å². The van der Waals surface area contributed by atoms with Gasteiger partial charge in [0.2, 0.25) is 0 Å². The van der Waals surface area contributed by atoms with E-state index >= 15 is 0 Å². The fourth-order valence-corrected chi connectivity index (χ4v) is 0.247. The molecule has 0 unspecified atom stereocenters. The van der Waals surface area contributed by atoms with Crippen LogP contribution in [0.2, 0.25) is 0 Å². The minimum Gasteiger partial charge on any atom is -0.608 e. The number of nitrogens with zero attached hydrogens (tertiary/aromatic N) is 1. The molecule has 0 spiro atoms. The van der Waals surface area contributed by atoms with Crippen molar-refractivity contribution in [1.29, 1.82) is 0 Å². The summed E-state index contributed by atoms with van der Waals surface area (Å²) in [6.45, 7) is 3.02. The Morgan fingerprint density at radius 3 is 2.43 bits per heavy atom. The molecule has 3 nitrogen and oxygen atoms in total. The quantitative estimate of drug-likeness (QED) is 0.392. The van der Waals surface area contributed by atoms with Crippen molar-refractivity contribution in [2.24, 2.45) is 0 Å². The zero-order chi connectivity index (χ0) is 5.70. The molecule has 3 heteroatoms. The van der Waals surface area contributed by atoms with Crippen molar-refractivity contribution in [2.45, 2.75) is 6.92 Å². The van der Waals surface area contributed by atoms with E-state index in [9.17, 15) is 0 Å². The fourth-order valence-electron chi connectivity index (χ4n) is 0.247.